The number of carbonyl (C=O) groups excluding carboxylic acids is 1. The Labute approximate surface area is 123 Å². The molecule has 0 radical (unpaired) electrons. The second-order valence-electron chi connectivity index (χ2n) is 6.44. The van der Waals surface area contributed by atoms with E-state index in [4.69, 9.17) is 5.73 Å². The third-order valence-corrected chi connectivity index (χ3v) is 4.80. The van der Waals surface area contributed by atoms with Gasteiger partial charge in [0.1, 0.15) is 0 Å². The van der Waals surface area contributed by atoms with Crippen LogP contribution in [0.1, 0.15) is 64.7 Å². The summed E-state index contributed by atoms with van der Waals surface area (Å²) in [6.07, 6.45) is 10.2. The molecule has 0 aromatic rings. The van der Waals surface area contributed by atoms with Gasteiger partial charge >= 0.3 is 0 Å². The number of amides is 1. The van der Waals surface area contributed by atoms with Crippen molar-refractivity contribution in [2.45, 2.75) is 76.8 Å². The van der Waals surface area contributed by atoms with Crippen molar-refractivity contribution in [3.63, 3.8) is 0 Å². The van der Waals surface area contributed by atoms with E-state index in [2.05, 4.69) is 12.2 Å². The van der Waals surface area contributed by atoms with Crippen LogP contribution in [0.4, 0.5) is 0 Å². The molecule has 2 aliphatic rings. The Bertz CT molecular complexity index is 277. The molecule has 19 heavy (non-hydrogen) atoms. The molecule has 0 aromatic carbocycles. The van der Waals surface area contributed by atoms with E-state index in [1.54, 1.807) is 0 Å². The zero-order valence-electron chi connectivity index (χ0n) is 12.1. The van der Waals surface area contributed by atoms with Crippen molar-refractivity contribution in [2.75, 3.05) is 0 Å². The molecule has 2 unspecified atom stereocenters. The average molecular weight is 289 g/mol. The van der Waals surface area contributed by atoms with Gasteiger partial charge in [0.05, 0.1) is 0 Å². The Morgan fingerprint density at radius 2 is 1.74 bits per heavy atom. The van der Waals surface area contributed by atoms with Crippen LogP contribution in [0.25, 0.3) is 0 Å². The maximum Gasteiger partial charge on any atom is 0.220 e. The summed E-state index contributed by atoms with van der Waals surface area (Å²) in [5, 5.41) is 3.21. The SMILES string of the molecule is CC1CCC(NC(=O)CC2CCCCC2N)CC1.Cl. The lowest BCUT2D eigenvalue weighted by Crippen LogP contribution is -2.41. The van der Waals surface area contributed by atoms with Crippen LogP contribution in [0.15, 0.2) is 0 Å². The fourth-order valence-electron chi connectivity index (χ4n) is 3.42. The molecular weight excluding hydrogens is 260 g/mol. The summed E-state index contributed by atoms with van der Waals surface area (Å²) in [6.45, 7) is 2.30. The minimum Gasteiger partial charge on any atom is -0.353 e. The lowest BCUT2D eigenvalue weighted by molar-refractivity contribution is -0.123. The molecule has 3 nitrogen and oxygen atoms in total. The van der Waals surface area contributed by atoms with Gasteiger partial charge in [-0.05, 0) is 50.4 Å². The van der Waals surface area contributed by atoms with Crippen LogP contribution in [0.2, 0.25) is 0 Å². The average Bonchev–Trinajstić information content (AvgIpc) is 2.35. The van der Waals surface area contributed by atoms with E-state index in [1.165, 1.54) is 25.7 Å². The molecule has 4 heteroatoms. The van der Waals surface area contributed by atoms with Crippen molar-refractivity contribution in [3.8, 4) is 0 Å². The van der Waals surface area contributed by atoms with Gasteiger partial charge in [0.15, 0.2) is 0 Å². The Morgan fingerprint density at radius 1 is 1.11 bits per heavy atom. The molecule has 112 valence electrons. The fraction of sp³-hybridized carbons (Fsp3) is 0.933. The molecule has 0 heterocycles. The predicted octanol–water partition coefficient (Wildman–Crippen LogP) is 3.01. The number of hydrogen-bond acceptors (Lipinski definition) is 2. The third kappa shape index (κ3) is 5.31. The van der Waals surface area contributed by atoms with E-state index in [9.17, 15) is 4.79 Å². The van der Waals surface area contributed by atoms with Crippen molar-refractivity contribution in [1.82, 2.24) is 5.32 Å². The molecule has 2 atom stereocenters. The second-order valence-corrected chi connectivity index (χ2v) is 6.44. The summed E-state index contributed by atoms with van der Waals surface area (Å²) in [5.74, 6) is 1.49. The zero-order valence-corrected chi connectivity index (χ0v) is 12.9. The smallest absolute Gasteiger partial charge is 0.220 e. The topological polar surface area (TPSA) is 55.1 Å². The summed E-state index contributed by atoms with van der Waals surface area (Å²) in [4.78, 5) is 12.0. The molecule has 0 aliphatic heterocycles. The molecule has 0 saturated heterocycles. The van der Waals surface area contributed by atoms with Crippen LogP contribution >= 0.6 is 12.4 Å². The monoisotopic (exact) mass is 288 g/mol. The van der Waals surface area contributed by atoms with Crippen molar-refractivity contribution >= 4 is 18.3 Å². The van der Waals surface area contributed by atoms with Crippen LogP contribution in [-0.2, 0) is 4.79 Å². The summed E-state index contributed by atoms with van der Waals surface area (Å²) >= 11 is 0. The Kier molecular flexibility index (Phi) is 7.16. The minimum absolute atomic E-state index is 0. The highest BCUT2D eigenvalue weighted by Crippen LogP contribution is 2.27. The number of nitrogens with one attached hydrogen (secondary N) is 1. The zero-order chi connectivity index (χ0) is 13.0. The highest BCUT2D eigenvalue weighted by Gasteiger charge is 2.26. The first kappa shape index (κ1) is 16.8. The lowest BCUT2D eigenvalue weighted by atomic mass is 9.82. The summed E-state index contributed by atoms with van der Waals surface area (Å²) in [6, 6.07) is 0.671. The Hall–Kier alpha value is -0.280. The molecule has 2 fully saturated rings. The van der Waals surface area contributed by atoms with Gasteiger partial charge in [0.25, 0.3) is 0 Å². The molecular formula is C15H29ClN2O. The molecule has 2 rings (SSSR count). The Balaban J connectivity index is 0.00000180. The predicted molar refractivity (Wildman–Crippen MR) is 81.4 cm³/mol. The van der Waals surface area contributed by atoms with Crippen LogP contribution in [-0.4, -0.2) is 18.0 Å². The minimum atomic E-state index is 0. The van der Waals surface area contributed by atoms with Gasteiger partial charge in [-0.1, -0.05) is 19.8 Å². The highest BCUT2D eigenvalue weighted by atomic mass is 35.5. The summed E-state index contributed by atoms with van der Waals surface area (Å²) in [7, 11) is 0. The fourth-order valence-corrected chi connectivity index (χ4v) is 3.42. The first-order valence-corrected chi connectivity index (χ1v) is 7.70. The maximum absolute atomic E-state index is 12.0. The molecule has 2 saturated carbocycles. The third-order valence-electron chi connectivity index (χ3n) is 4.80. The van der Waals surface area contributed by atoms with Crippen LogP contribution in [0.5, 0.6) is 0 Å². The van der Waals surface area contributed by atoms with Crippen molar-refractivity contribution in [1.29, 1.82) is 0 Å². The van der Waals surface area contributed by atoms with Gasteiger partial charge in [-0.2, -0.15) is 0 Å². The van der Waals surface area contributed by atoms with E-state index < -0.39 is 0 Å². The second kappa shape index (κ2) is 8.11. The van der Waals surface area contributed by atoms with Crippen molar-refractivity contribution in [3.05, 3.63) is 0 Å². The molecule has 1 amide bonds. The van der Waals surface area contributed by atoms with E-state index >= 15 is 0 Å². The van der Waals surface area contributed by atoms with Crippen molar-refractivity contribution < 1.29 is 4.79 Å². The number of halogens is 1. The standard InChI is InChI=1S/C15H28N2O.ClH/c1-11-6-8-13(9-7-11)17-15(18)10-12-4-2-3-5-14(12)16;/h11-14H,2-10,16H2,1H3,(H,17,18);1H. The van der Waals surface area contributed by atoms with Gasteiger partial charge in [-0.25, -0.2) is 0 Å². The lowest BCUT2D eigenvalue weighted by Gasteiger charge is -2.30. The first-order chi connectivity index (χ1) is 8.65. The molecule has 3 N–H and O–H groups in total. The normalized spacial score (nSPS) is 35.3. The van der Waals surface area contributed by atoms with Gasteiger partial charge < -0.3 is 11.1 Å². The van der Waals surface area contributed by atoms with Gasteiger partial charge in [-0.3, -0.25) is 4.79 Å². The molecule has 2 aliphatic carbocycles. The van der Waals surface area contributed by atoms with Crippen LogP contribution in [0, 0.1) is 11.8 Å². The van der Waals surface area contributed by atoms with Crippen molar-refractivity contribution in [2.24, 2.45) is 17.6 Å². The molecule has 0 bridgehead atoms. The number of carbonyl (C=O) groups is 1. The van der Waals surface area contributed by atoms with Gasteiger partial charge in [-0.15, -0.1) is 12.4 Å². The van der Waals surface area contributed by atoms with E-state index in [1.807, 2.05) is 0 Å². The summed E-state index contributed by atoms with van der Waals surface area (Å²) in [5.41, 5.74) is 6.10. The van der Waals surface area contributed by atoms with Gasteiger partial charge in [0, 0.05) is 18.5 Å². The number of rotatable bonds is 3. The first-order valence-electron chi connectivity index (χ1n) is 7.70. The molecule has 0 aromatic heterocycles. The Morgan fingerprint density at radius 3 is 2.37 bits per heavy atom. The maximum atomic E-state index is 12.0. The van der Waals surface area contributed by atoms with Crippen LogP contribution in [0.3, 0.4) is 0 Å². The van der Waals surface area contributed by atoms with E-state index in [-0.39, 0.29) is 24.4 Å². The van der Waals surface area contributed by atoms with E-state index in [0.717, 1.165) is 31.6 Å². The van der Waals surface area contributed by atoms with E-state index in [0.29, 0.717) is 18.4 Å². The van der Waals surface area contributed by atoms with Gasteiger partial charge in [0.2, 0.25) is 5.91 Å². The number of hydrogen-bond donors (Lipinski definition) is 2. The summed E-state index contributed by atoms with van der Waals surface area (Å²) < 4.78 is 0. The number of nitrogens with two attached hydrogens (primary N) is 1. The van der Waals surface area contributed by atoms with Crippen LogP contribution < -0.4 is 11.1 Å². The highest BCUT2D eigenvalue weighted by molar-refractivity contribution is 5.85. The largest absolute Gasteiger partial charge is 0.353 e. The molecule has 0 spiro atoms. The quantitative estimate of drug-likeness (QED) is 0.839.